The van der Waals surface area contributed by atoms with Crippen LogP contribution in [0.25, 0.3) is 11.4 Å². The van der Waals surface area contributed by atoms with Crippen molar-refractivity contribution in [3.05, 3.63) is 36.2 Å². The Morgan fingerprint density at radius 1 is 1.13 bits per heavy atom. The third kappa shape index (κ3) is 2.75. The maximum Gasteiger partial charge on any atom is 0.335 e. The van der Waals surface area contributed by atoms with E-state index in [9.17, 15) is 4.79 Å². The number of carboxylic acids is 1. The highest BCUT2D eigenvalue weighted by Gasteiger charge is 2.33. The summed E-state index contributed by atoms with van der Waals surface area (Å²) in [6.07, 6.45) is 5.59. The smallest absolute Gasteiger partial charge is 0.335 e. The lowest BCUT2D eigenvalue weighted by Crippen LogP contribution is -2.51. The molecule has 2 bridgehead atoms. The van der Waals surface area contributed by atoms with Crippen LogP contribution in [0.1, 0.15) is 23.2 Å². The van der Waals surface area contributed by atoms with Gasteiger partial charge >= 0.3 is 5.97 Å². The summed E-state index contributed by atoms with van der Waals surface area (Å²) in [6.45, 7) is 1.81. The number of pyridine rings is 1. The van der Waals surface area contributed by atoms with Gasteiger partial charge in [0.05, 0.1) is 17.0 Å². The van der Waals surface area contributed by atoms with Gasteiger partial charge in [0.2, 0.25) is 5.95 Å². The maximum atomic E-state index is 11.1. The molecule has 7 nitrogen and oxygen atoms in total. The quantitative estimate of drug-likeness (QED) is 0.879. The van der Waals surface area contributed by atoms with Gasteiger partial charge in [0.15, 0.2) is 0 Å². The highest BCUT2D eigenvalue weighted by molar-refractivity contribution is 5.88. The van der Waals surface area contributed by atoms with Crippen LogP contribution in [0.4, 0.5) is 5.95 Å². The predicted molar refractivity (Wildman–Crippen MR) is 84.4 cm³/mol. The molecule has 0 aromatic carbocycles. The van der Waals surface area contributed by atoms with Crippen LogP contribution in [0.2, 0.25) is 0 Å². The lowest BCUT2D eigenvalue weighted by Gasteiger charge is -2.32. The van der Waals surface area contributed by atoms with Crippen LogP contribution in [0.5, 0.6) is 0 Å². The van der Waals surface area contributed by atoms with Gasteiger partial charge in [0, 0.05) is 37.6 Å². The largest absolute Gasteiger partial charge is 0.478 e. The van der Waals surface area contributed by atoms with Crippen molar-refractivity contribution < 1.29 is 9.90 Å². The van der Waals surface area contributed by atoms with E-state index in [1.807, 2.05) is 0 Å². The van der Waals surface area contributed by atoms with Crippen LogP contribution in [-0.4, -0.2) is 51.2 Å². The Bertz CT molecular complexity index is 739. The molecule has 2 aromatic rings. The molecule has 2 N–H and O–H groups in total. The number of hydrogen-bond donors (Lipinski definition) is 2. The van der Waals surface area contributed by atoms with Crippen molar-refractivity contribution >= 4 is 11.9 Å². The molecule has 0 spiro atoms. The van der Waals surface area contributed by atoms with Gasteiger partial charge in [-0.2, -0.15) is 0 Å². The van der Waals surface area contributed by atoms with Crippen LogP contribution >= 0.6 is 0 Å². The minimum atomic E-state index is -0.971. The summed E-state index contributed by atoms with van der Waals surface area (Å²) in [4.78, 5) is 26.5. The molecule has 0 radical (unpaired) electrons. The zero-order valence-corrected chi connectivity index (χ0v) is 12.5. The second-order valence-corrected chi connectivity index (χ2v) is 6.02. The highest BCUT2D eigenvalue weighted by Crippen LogP contribution is 2.24. The molecule has 0 amide bonds. The third-order valence-corrected chi connectivity index (χ3v) is 4.41. The molecule has 2 saturated heterocycles. The molecule has 2 atom stereocenters. The second-order valence-electron chi connectivity index (χ2n) is 6.02. The average Bonchev–Trinajstić information content (AvgIpc) is 2.93. The van der Waals surface area contributed by atoms with E-state index >= 15 is 0 Å². The Balaban J connectivity index is 1.64. The molecule has 118 valence electrons. The van der Waals surface area contributed by atoms with Crippen LogP contribution in [0, 0.1) is 0 Å². The fourth-order valence-corrected chi connectivity index (χ4v) is 3.31. The summed E-state index contributed by atoms with van der Waals surface area (Å²) in [5, 5.41) is 12.7. The van der Waals surface area contributed by atoms with Crippen molar-refractivity contribution in [3.8, 4) is 11.4 Å². The number of fused-ring (bicyclic) bond motifs is 2. The van der Waals surface area contributed by atoms with E-state index in [0.717, 1.165) is 13.1 Å². The van der Waals surface area contributed by atoms with Gasteiger partial charge in [-0.3, -0.25) is 4.98 Å². The van der Waals surface area contributed by atoms with Crippen molar-refractivity contribution in [2.24, 2.45) is 0 Å². The van der Waals surface area contributed by atoms with Crippen LogP contribution in [-0.2, 0) is 0 Å². The number of nitrogens with zero attached hydrogens (tertiary/aromatic N) is 4. The monoisotopic (exact) mass is 311 g/mol. The van der Waals surface area contributed by atoms with Gasteiger partial charge in [0.1, 0.15) is 0 Å². The Labute approximate surface area is 133 Å². The van der Waals surface area contributed by atoms with Crippen LogP contribution in [0.3, 0.4) is 0 Å². The van der Waals surface area contributed by atoms with E-state index < -0.39 is 5.97 Å². The molecule has 2 aromatic heterocycles. The van der Waals surface area contributed by atoms with Gasteiger partial charge in [-0.25, -0.2) is 14.8 Å². The number of hydrogen-bond acceptors (Lipinski definition) is 6. The number of carbonyl (C=O) groups is 1. The third-order valence-electron chi connectivity index (χ3n) is 4.41. The highest BCUT2D eigenvalue weighted by atomic mass is 16.4. The number of rotatable bonds is 3. The minimum Gasteiger partial charge on any atom is -0.478 e. The molecular formula is C16H17N5O2. The van der Waals surface area contributed by atoms with E-state index in [1.165, 1.54) is 31.2 Å². The summed E-state index contributed by atoms with van der Waals surface area (Å²) < 4.78 is 0. The number of aromatic nitrogens is 3. The molecule has 7 heteroatoms. The Morgan fingerprint density at radius 3 is 2.61 bits per heavy atom. The van der Waals surface area contributed by atoms with E-state index in [-0.39, 0.29) is 5.56 Å². The summed E-state index contributed by atoms with van der Waals surface area (Å²) >= 11 is 0. The molecule has 4 heterocycles. The molecular weight excluding hydrogens is 294 g/mol. The second kappa shape index (κ2) is 5.58. The number of aromatic carboxylic acids is 1. The van der Waals surface area contributed by atoms with Gasteiger partial charge in [-0.1, -0.05) is 0 Å². The first-order valence-corrected chi connectivity index (χ1v) is 7.73. The van der Waals surface area contributed by atoms with Crippen LogP contribution < -0.4 is 10.2 Å². The first-order valence-electron chi connectivity index (χ1n) is 7.73. The first-order chi connectivity index (χ1) is 11.2. The summed E-state index contributed by atoms with van der Waals surface area (Å²) in [5.41, 5.74) is 1.39. The number of anilines is 1. The number of piperazine rings is 1. The van der Waals surface area contributed by atoms with Crippen molar-refractivity contribution in [2.75, 3.05) is 18.0 Å². The number of nitrogens with one attached hydrogen (secondary N) is 1. The molecule has 4 rings (SSSR count). The van der Waals surface area contributed by atoms with Crippen molar-refractivity contribution in [2.45, 2.75) is 24.9 Å². The van der Waals surface area contributed by atoms with Crippen molar-refractivity contribution in [1.29, 1.82) is 0 Å². The zero-order valence-electron chi connectivity index (χ0n) is 12.5. The maximum absolute atomic E-state index is 11.1. The van der Waals surface area contributed by atoms with E-state index in [4.69, 9.17) is 5.11 Å². The molecule has 0 saturated carbocycles. The van der Waals surface area contributed by atoms with Crippen molar-refractivity contribution in [1.82, 2.24) is 20.3 Å². The lowest BCUT2D eigenvalue weighted by molar-refractivity contribution is 0.0697. The molecule has 2 aliphatic rings. The number of carboxylic acid groups (broad SMARTS) is 1. The van der Waals surface area contributed by atoms with Gasteiger partial charge in [0.25, 0.3) is 0 Å². The standard InChI is InChI=1S/C16H17N5O2/c22-15(23)10-3-5-17-14(7-10)13-4-6-18-16(20-13)21-8-11-1-2-12(9-21)19-11/h3-7,11-12,19H,1-2,8-9H2,(H,22,23)/t11-,12+. The average molecular weight is 311 g/mol. The van der Waals surface area contributed by atoms with E-state index in [1.54, 1.807) is 12.3 Å². The summed E-state index contributed by atoms with van der Waals surface area (Å²) in [6, 6.07) is 5.79. The molecule has 2 fully saturated rings. The molecule has 0 unspecified atom stereocenters. The predicted octanol–water partition coefficient (Wildman–Crippen LogP) is 1.18. The zero-order chi connectivity index (χ0) is 15.8. The van der Waals surface area contributed by atoms with Gasteiger partial charge < -0.3 is 15.3 Å². The van der Waals surface area contributed by atoms with Crippen molar-refractivity contribution in [3.63, 3.8) is 0 Å². The minimum absolute atomic E-state index is 0.204. The molecule has 2 aliphatic heterocycles. The molecule has 23 heavy (non-hydrogen) atoms. The SMILES string of the molecule is O=C(O)c1ccnc(-c2ccnc(N3C[C@H]4CC[C@@H](C3)N4)n2)c1. The Morgan fingerprint density at radius 2 is 1.87 bits per heavy atom. The fourth-order valence-electron chi connectivity index (χ4n) is 3.31. The van der Waals surface area contributed by atoms with Gasteiger partial charge in [-0.15, -0.1) is 0 Å². The normalized spacial score (nSPS) is 23.0. The first kappa shape index (κ1) is 14.1. The summed E-state index contributed by atoms with van der Waals surface area (Å²) in [7, 11) is 0. The fraction of sp³-hybridized carbons (Fsp3) is 0.375. The van der Waals surface area contributed by atoms with E-state index in [0.29, 0.717) is 29.4 Å². The molecule has 0 aliphatic carbocycles. The lowest BCUT2D eigenvalue weighted by atomic mass is 10.2. The van der Waals surface area contributed by atoms with E-state index in [2.05, 4.69) is 25.2 Å². The van der Waals surface area contributed by atoms with Gasteiger partial charge in [-0.05, 0) is 31.0 Å². The Kier molecular flexibility index (Phi) is 3.42. The van der Waals surface area contributed by atoms with Crippen LogP contribution in [0.15, 0.2) is 30.6 Å². The topological polar surface area (TPSA) is 91.2 Å². The summed E-state index contributed by atoms with van der Waals surface area (Å²) in [5.74, 6) is -0.287. The Hall–Kier alpha value is -2.54.